The van der Waals surface area contributed by atoms with Crippen LogP contribution in [0.1, 0.15) is 91.7 Å². The molecule has 0 aromatic rings. The zero-order valence-electron chi connectivity index (χ0n) is 26.0. The number of carboxylic acids is 1. The predicted molar refractivity (Wildman–Crippen MR) is 115 cm³/mol. The van der Waals surface area contributed by atoms with Crippen molar-refractivity contribution in [3.8, 4) is 0 Å². The number of carbonyl (C=O) groups is 1. The standard InChI is InChI=1S/C24H40O7S.2Na/c1-14(4-9-22(26)27)18-7-8-19-17-6-5-15-12-16(31-32(28,29)30)10-11-23(15,2)20(17)13-21(25)24(18,19)3;;/h14-21,25H,4-13H2,1-3H3,(H,26,27)(H,28,29,30);;/q;2*+1/p-2/t14-,15-,16-,17+,18-,19+,20+,21+,23+,24-;;/m1../s1/i10D2,12D2,16D;;. The first-order chi connectivity index (χ1) is 16.7. The van der Waals surface area contributed by atoms with Gasteiger partial charge in [-0.25, -0.2) is 8.42 Å². The maximum atomic E-state index is 11.6. The number of carbonyl (C=O) groups excluding carboxylic acids is 1. The molecule has 0 aromatic heterocycles. The molecule has 0 aliphatic heterocycles. The average Bonchev–Trinajstić information content (AvgIpc) is 3.09. The quantitative estimate of drug-likeness (QED) is 0.220. The Bertz CT molecular complexity index is 1050. The number of hydrogen-bond acceptors (Lipinski definition) is 7. The van der Waals surface area contributed by atoms with Gasteiger partial charge in [0.05, 0.1) is 13.6 Å². The van der Waals surface area contributed by atoms with Crippen LogP contribution in [-0.4, -0.2) is 36.2 Å². The Labute approximate surface area is 256 Å². The Hall–Kier alpha value is 1.30. The number of hydrogen-bond donors (Lipinski definition) is 1. The minimum Gasteiger partial charge on any atom is -0.726 e. The van der Waals surface area contributed by atoms with Crippen molar-refractivity contribution < 1.29 is 98.1 Å². The largest absolute Gasteiger partial charge is 1.00 e. The molecule has 0 bridgehead atoms. The van der Waals surface area contributed by atoms with E-state index in [0.717, 1.165) is 12.8 Å². The van der Waals surface area contributed by atoms with Crippen LogP contribution in [-0.2, 0) is 19.4 Å². The summed E-state index contributed by atoms with van der Waals surface area (Å²) in [6.07, 6.45) is -6.68. The van der Waals surface area contributed by atoms with Gasteiger partial charge in [-0.15, -0.1) is 0 Å². The van der Waals surface area contributed by atoms with E-state index in [-0.39, 0.29) is 108 Å². The Morgan fingerprint density at radius 1 is 1.24 bits per heavy atom. The van der Waals surface area contributed by atoms with E-state index in [4.69, 9.17) is 6.85 Å². The summed E-state index contributed by atoms with van der Waals surface area (Å²) in [4.78, 5) is 11.0. The summed E-state index contributed by atoms with van der Waals surface area (Å²) in [5.74, 6) is -1.97. The first kappa shape index (κ1) is 24.3. The molecule has 0 amide bonds. The summed E-state index contributed by atoms with van der Waals surface area (Å²) < 4.78 is 81.8. The maximum absolute atomic E-state index is 11.6. The van der Waals surface area contributed by atoms with Crippen LogP contribution >= 0.6 is 0 Å². The van der Waals surface area contributed by atoms with Gasteiger partial charge in [0.25, 0.3) is 0 Å². The van der Waals surface area contributed by atoms with Gasteiger partial charge in [-0.2, -0.15) is 0 Å². The molecule has 10 atom stereocenters. The van der Waals surface area contributed by atoms with Gasteiger partial charge >= 0.3 is 59.1 Å². The Balaban J connectivity index is 0.00000267. The number of aliphatic hydroxyl groups is 1. The molecule has 4 fully saturated rings. The van der Waals surface area contributed by atoms with Crippen LogP contribution in [0.5, 0.6) is 0 Å². The molecule has 10 heteroatoms. The third-order valence-corrected chi connectivity index (χ3v) is 10.0. The van der Waals surface area contributed by atoms with Crippen molar-refractivity contribution in [3.05, 3.63) is 0 Å². The van der Waals surface area contributed by atoms with E-state index in [2.05, 4.69) is 11.1 Å². The van der Waals surface area contributed by atoms with Crippen molar-refractivity contribution in [2.24, 2.45) is 46.3 Å². The van der Waals surface area contributed by atoms with Gasteiger partial charge in [0.2, 0.25) is 10.4 Å². The Morgan fingerprint density at radius 3 is 2.53 bits per heavy atom. The SMILES string of the molecule is [2H]C1([2H])C[C@@]2(C)[C@H](CC[C@@H]3[C@@H]2C[C@H](O)[C@]2(C)[C@@H]([C@H](C)CCC(=O)[O-])CC[C@@H]32)C([2H])([2H])[C@]1([2H])OS(=O)(=O)[O-].[Na+].[Na+]. The van der Waals surface area contributed by atoms with E-state index in [0.29, 0.717) is 19.3 Å². The van der Waals surface area contributed by atoms with Crippen LogP contribution in [0.25, 0.3) is 0 Å². The van der Waals surface area contributed by atoms with Crippen molar-refractivity contribution in [2.75, 3.05) is 0 Å². The van der Waals surface area contributed by atoms with Crippen LogP contribution in [0.15, 0.2) is 0 Å². The van der Waals surface area contributed by atoms with Crippen molar-refractivity contribution in [2.45, 2.75) is 97.1 Å². The third-order valence-electron chi connectivity index (χ3n) is 9.66. The number of aliphatic hydroxyl groups excluding tert-OH is 1. The van der Waals surface area contributed by atoms with Crippen molar-refractivity contribution in [3.63, 3.8) is 0 Å². The van der Waals surface area contributed by atoms with E-state index in [1.54, 1.807) is 6.92 Å². The number of fused-ring (bicyclic) bond motifs is 5. The molecule has 34 heavy (non-hydrogen) atoms. The fraction of sp³-hybridized carbons (Fsp3) is 0.958. The fourth-order valence-electron chi connectivity index (χ4n) is 8.05. The average molecular weight is 522 g/mol. The van der Waals surface area contributed by atoms with E-state index in [1.165, 1.54) is 0 Å². The summed E-state index contributed by atoms with van der Waals surface area (Å²) in [6, 6.07) is 0. The number of aliphatic carboxylic acids is 1. The summed E-state index contributed by atoms with van der Waals surface area (Å²) in [6.45, 7) is 5.86. The summed E-state index contributed by atoms with van der Waals surface area (Å²) in [5, 5.41) is 22.6. The second-order valence-electron chi connectivity index (χ2n) is 11.0. The molecule has 184 valence electrons. The molecule has 0 spiro atoms. The molecule has 0 saturated heterocycles. The maximum Gasteiger partial charge on any atom is 1.00 e. The molecule has 1 N–H and O–H groups in total. The first-order valence-electron chi connectivity index (χ1n) is 14.3. The second kappa shape index (κ2) is 11.6. The Kier molecular flexibility index (Phi) is 8.30. The van der Waals surface area contributed by atoms with E-state index in [9.17, 15) is 28.0 Å². The van der Waals surface area contributed by atoms with Gasteiger partial charge in [0, 0.05) is 11.5 Å². The molecule has 4 aliphatic rings. The number of rotatable bonds is 6. The van der Waals surface area contributed by atoms with Gasteiger partial charge in [0.15, 0.2) is 0 Å². The smallest absolute Gasteiger partial charge is 0.726 e. The van der Waals surface area contributed by atoms with E-state index in [1.807, 2.05) is 6.92 Å². The monoisotopic (exact) mass is 521 g/mol. The van der Waals surface area contributed by atoms with Crippen LogP contribution in [0.2, 0.25) is 0 Å². The van der Waals surface area contributed by atoms with Gasteiger partial charge in [-0.3, -0.25) is 4.18 Å². The zero-order chi connectivity index (χ0) is 28.0. The molecule has 4 saturated carbocycles. The molecule has 4 rings (SSSR count). The Morgan fingerprint density at radius 2 is 1.91 bits per heavy atom. The minimum absolute atomic E-state index is 0. The fourth-order valence-corrected chi connectivity index (χ4v) is 8.37. The minimum atomic E-state index is -5.56. The van der Waals surface area contributed by atoms with E-state index >= 15 is 0 Å². The summed E-state index contributed by atoms with van der Waals surface area (Å²) in [7, 11) is -5.56. The van der Waals surface area contributed by atoms with Crippen molar-refractivity contribution in [1.82, 2.24) is 0 Å². The first-order valence-corrected chi connectivity index (χ1v) is 13.1. The topological polar surface area (TPSA) is 127 Å². The van der Waals surface area contributed by atoms with Crippen molar-refractivity contribution >= 4 is 16.4 Å². The second-order valence-corrected chi connectivity index (χ2v) is 12.0. The zero-order valence-corrected chi connectivity index (χ0v) is 25.8. The van der Waals surface area contributed by atoms with Crippen LogP contribution in [0.3, 0.4) is 0 Å². The summed E-state index contributed by atoms with van der Waals surface area (Å²) in [5.41, 5.74) is -1.46. The van der Waals surface area contributed by atoms with Crippen LogP contribution in [0, 0.1) is 46.3 Å². The molecule has 0 unspecified atom stereocenters. The molecule has 0 radical (unpaired) electrons. The number of carboxylic acid groups (broad SMARTS) is 1. The van der Waals surface area contributed by atoms with E-state index < -0.39 is 58.0 Å². The van der Waals surface area contributed by atoms with Gasteiger partial charge in [-0.1, -0.05) is 20.8 Å². The van der Waals surface area contributed by atoms with Gasteiger partial charge < -0.3 is 19.6 Å². The van der Waals surface area contributed by atoms with Crippen molar-refractivity contribution in [1.29, 1.82) is 0 Å². The third kappa shape index (κ3) is 5.81. The molecule has 4 aliphatic carbocycles. The van der Waals surface area contributed by atoms with Gasteiger partial charge in [0.1, 0.15) is 0 Å². The summed E-state index contributed by atoms with van der Waals surface area (Å²) >= 11 is 0. The van der Waals surface area contributed by atoms with Crippen LogP contribution in [0.4, 0.5) is 0 Å². The normalized spacial score (nSPS) is 51.7. The van der Waals surface area contributed by atoms with Gasteiger partial charge in [-0.05, 0) is 110 Å². The molecule has 7 nitrogen and oxygen atoms in total. The molecule has 0 heterocycles. The predicted octanol–water partition coefficient (Wildman–Crippen LogP) is -3.36. The molecule has 0 aromatic carbocycles. The molecular weight excluding hydrogens is 478 g/mol. The molecular formula is C24H38Na2O7S. The van der Waals surface area contributed by atoms with Crippen LogP contribution < -0.4 is 64.2 Å².